The molecule has 0 saturated heterocycles. The fraction of sp³-hybridized carbons (Fsp3) is 0.364. The van der Waals surface area contributed by atoms with E-state index in [9.17, 15) is 13.0 Å². The number of rotatable bonds is 5. The number of aryl methyl sites for hydroxylation is 2. The van der Waals surface area contributed by atoms with Crippen LogP contribution in [0.5, 0.6) is 0 Å². The summed E-state index contributed by atoms with van der Waals surface area (Å²) in [7, 11) is -4.14. The van der Waals surface area contributed by atoms with E-state index in [1.165, 1.54) is 0 Å². The Kier molecular flexibility index (Phi) is 3.91. The summed E-state index contributed by atoms with van der Waals surface area (Å²) >= 11 is 0. The zero-order valence-corrected chi connectivity index (χ0v) is 11.1. The summed E-state index contributed by atoms with van der Waals surface area (Å²) in [6, 6.07) is 3.60. The number of nitrogens with zero attached hydrogens (tertiary/aromatic N) is 3. The summed E-state index contributed by atoms with van der Waals surface area (Å²) in [6.45, 7) is 2.18. The quantitative estimate of drug-likeness (QED) is 0.576. The van der Waals surface area contributed by atoms with Crippen molar-refractivity contribution in [1.82, 2.24) is 10.1 Å². The molecule has 0 bridgehead atoms. The first-order valence-corrected chi connectivity index (χ1v) is 7.25. The molecular weight excluding hydrogens is 270 g/mol. The van der Waals surface area contributed by atoms with E-state index in [0.29, 0.717) is 18.3 Å². The molecule has 0 aliphatic rings. The number of hydrogen-bond acceptors (Lipinski definition) is 6. The lowest BCUT2D eigenvalue weighted by molar-refractivity contribution is -0.696. The average molecular weight is 283 g/mol. The van der Waals surface area contributed by atoms with Crippen molar-refractivity contribution < 1.29 is 22.1 Å². The molecule has 0 aliphatic carbocycles. The van der Waals surface area contributed by atoms with Gasteiger partial charge in [-0.25, -0.2) is 13.0 Å². The SMILES string of the molecule is Cc1nc(-c2cc[n+](CCCS(=O)(=O)[O-])cc2)no1. The van der Waals surface area contributed by atoms with Gasteiger partial charge in [-0.2, -0.15) is 4.98 Å². The summed E-state index contributed by atoms with van der Waals surface area (Å²) < 4.78 is 38.1. The minimum atomic E-state index is -4.14. The molecule has 8 heteroatoms. The van der Waals surface area contributed by atoms with Gasteiger partial charge in [0, 0.05) is 36.8 Å². The molecule has 2 aromatic heterocycles. The van der Waals surface area contributed by atoms with Crippen LogP contribution in [-0.4, -0.2) is 28.9 Å². The van der Waals surface area contributed by atoms with Gasteiger partial charge in [0.1, 0.15) is 6.54 Å². The maximum atomic E-state index is 10.5. The van der Waals surface area contributed by atoms with Gasteiger partial charge in [0.25, 0.3) is 0 Å². The molecule has 0 atom stereocenters. The zero-order valence-electron chi connectivity index (χ0n) is 10.3. The Morgan fingerprint density at radius 1 is 1.37 bits per heavy atom. The van der Waals surface area contributed by atoms with Crippen LogP contribution in [0.1, 0.15) is 12.3 Å². The van der Waals surface area contributed by atoms with Gasteiger partial charge in [0.2, 0.25) is 11.7 Å². The summed E-state index contributed by atoms with van der Waals surface area (Å²) in [4.78, 5) is 4.10. The highest BCUT2D eigenvalue weighted by atomic mass is 32.2. The van der Waals surface area contributed by atoms with Crippen LogP contribution in [0.25, 0.3) is 11.4 Å². The third-order valence-electron chi connectivity index (χ3n) is 2.49. The first kappa shape index (κ1) is 13.6. The van der Waals surface area contributed by atoms with Gasteiger partial charge in [-0.15, -0.1) is 0 Å². The molecule has 19 heavy (non-hydrogen) atoms. The maximum Gasteiger partial charge on any atom is 0.223 e. The largest absolute Gasteiger partial charge is 0.748 e. The van der Waals surface area contributed by atoms with Gasteiger partial charge in [-0.05, 0) is 0 Å². The van der Waals surface area contributed by atoms with Crippen LogP contribution in [0.3, 0.4) is 0 Å². The van der Waals surface area contributed by atoms with Crippen LogP contribution in [0.15, 0.2) is 29.0 Å². The predicted molar refractivity (Wildman–Crippen MR) is 63.8 cm³/mol. The molecule has 0 N–H and O–H groups in total. The third kappa shape index (κ3) is 4.11. The van der Waals surface area contributed by atoms with E-state index in [2.05, 4.69) is 10.1 Å². The van der Waals surface area contributed by atoms with Crippen LogP contribution in [0.4, 0.5) is 0 Å². The molecule has 2 aromatic rings. The lowest BCUT2D eigenvalue weighted by Crippen LogP contribution is -2.33. The summed E-state index contributed by atoms with van der Waals surface area (Å²) in [5.41, 5.74) is 0.810. The van der Waals surface area contributed by atoms with Crippen molar-refractivity contribution in [3.8, 4) is 11.4 Å². The Morgan fingerprint density at radius 3 is 2.58 bits per heavy atom. The van der Waals surface area contributed by atoms with E-state index in [-0.39, 0.29) is 12.2 Å². The minimum Gasteiger partial charge on any atom is -0.748 e. The lowest BCUT2D eigenvalue weighted by Gasteiger charge is -2.04. The second-order valence-corrected chi connectivity index (χ2v) is 5.60. The van der Waals surface area contributed by atoms with Crippen molar-refractivity contribution in [2.75, 3.05) is 5.75 Å². The van der Waals surface area contributed by atoms with Crippen LogP contribution in [-0.2, 0) is 16.7 Å². The van der Waals surface area contributed by atoms with E-state index in [4.69, 9.17) is 4.52 Å². The molecule has 102 valence electrons. The standard InChI is InChI=1S/C11H13N3O4S/c1-9-12-11(13-18-9)10-3-6-14(7-4-10)5-2-8-19(15,16)17/h3-4,6-7H,2,5,8H2,1H3. The van der Waals surface area contributed by atoms with E-state index in [0.717, 1.165) is 5.56 Å². The smallest absolute Gasteiger partial charge is 0.223 e. The minimum absolute atomic E-state index is 0.289. The molecular formula is C11H13N3O4S. The Labute approximate surface area is 110 Å². The average Bonchev–Trinajstić information content (AvgIpc) is 2.75. The van der Waals surface area contributed by atoms with Crippen molar-refractivity contribution in [3.63, 3.8) is 0 Å². The summed E-state index contributed by atoms with van der Waals surface area (Å²) in [6.07, 6.45) is 3.84. The van der Waals surface area contributed by atoms with E-state index < -0.39 is 10.1 Å². The third-order valence-corrected chi connectivity index (χ3v) is 3.28. The highest BCUT2D eigenvalue weighted by Crippen LogP contribution is 2.12. The van der Waals surface area contributed by atoms with Crippen molar-refractivity contribution >= 4 is 10.1 Å². The molecule has 0 saturated carbocycles. The van der Waals surface area contributed by atoms with Gasteiger partial charge in [0.15, 0.2) is 12.4 Å². The number of pyridine rings is 1. The second kappa shape index (κ2) is 5.45. The summed E-state index contributed by atoms with van der Waals surface area (Å²) in [5.74, 6) is 0.644. The Balaban J connectivity index is 1.99. The van der Waals surface area contributed by atoms with Gasteiger partial charge in [-0.3, -0.25) is 0 Å². The molecule has 0 spiro atoms. The first-order chi connectivity index (χ1) is 8.94. The second-order valence-electron chi connectivity index (χ2n) is 4.08. The highest BCUT2D eigenvalue weighted by molar-refractivity contribution is 7.85. The summed E-state index contributed by atoms with van der Waals surface area (Å²) in [5, 5.41) is 3.79. The lowest BCUT2D eigenvalue weighted by atomic mass is 10.2. The van der Waals surface area contributed by atoms with Crippen molar-refractivity contribution in [1.29, 1.82) is 0 Å². The van der Waals surface area contributed by atoms with E-state index in [1.807, 2.05) is 0 Å². The zero-order chi connectivity index (χ0) is 13.9. The van der Waals surface area contributed by atoms with Gasteiger partial charge in [0.05, 0.1) is 10.1 Å². The number of aromatic nitrogens is 3. The fourth-order valence-electron chi connectivity index (χ4n) is 1.60. The Morgan fingerprint density at radius 2 is 2.05 bits per heavy atom. The van der Waals surface area contributed by atoms with Crippen molar-refractivity contribution in [2.45, 2.75) is 19.9 Å². The fourth-order valence-corrected chi connectivity index (χ4v) is 2.08. The monoisotopic (exact) mass is 283 g/mol. The molecule has 0 aliphatic heterocycles. The van der Waals surface area contributed by atoms with Crippen LogP contribution < -0.4 is 4.57 Å². The molecule has 0 aromatic carbocycles. The van der Waals surface area contributed by atoms with Gasteiger partial charge < -0.3 is 9.08 Å². The maximum absolute atomic E-state index is 10.5. The van der Waals surface area contributed by atoms with Gasteiger partial charge in [-0.1, -0.05) is 5.16 Å². The van der Waals surface area contributed by atoms with Crippen LogP contribution in [0.2, 0.25) is 0 Å². The number of hydrogen-bond donors (Lipinski definition) is 0. The molecule has 0 radical (unpaired) electrons. The molecule has 2 heterocycles. The van der Waals surface area contributed by atoms with E-state index in [1.54, 1.807) is 36.0 Å². The predicted octanol–water partition coefficient (Wildman–Crippen LogP) is 0.268. The Bertz CT molecular complexity index is 649. The first-order valence-electron chi connectivity index (χ1n) is 5.67. The molecule has 0 fully saturated rings. The van der Waals surface area contributed by atoms with E-state index >= 15 is 0 Å². The van der Waals surface area contributed by atoms with Crippen LogP contribution in [0, 0.1) is 6.92 Å². The Hall–Kier alpha value is -1.80. The molecule has 7 nitrogen and oxygen atoms in total. The van der Waals surface area contributed by atoms with Gasteiger partial charge >= 0.3 is 0 Å². The van der Waals surface area contributed by atoms with Crippen LogP contribution >= 0.6 is 0 Å². The van der Waals surface area contributed by atoms with Crippen molar-refractivity contribution in [2.24, 2.45) is 0 Å². The van der Waals surface area contributed by atoms with Crippen molar-refractivity contribution in [3.05, 3.63) is 30.4 Å². The molecule has 0 amide bonds. The highest BCUT2D eigenvalue weighted by Gasteiger charge is 2.08. The topological polar surface area (TPSA) is 100 Å². The normalized spacial score (nSPS) is 11.7. The molecule has 2 rings (SSSR count). The molecule has 0 unspecified atom stereocenters.